The maximum atomic E-state index is 5.57. The molecular weight excluding hydrogens is 298 g/mol. The van der Waals surface area contributed by atoms with Crippen molar-refractivity contribution >= 4 is 23.0 Å². The fourth-order valence-electron chi connectivity index (χ4n) is 4.52. The van der Waals surface area contributed by atoms with Gasteiger partial charge in [-0.05, 0) is 24.4 Å². The summed E-state index contributed by atoms with van der Waals surface area (Å²) in [6.07, 6.45) is 0. The fraction of sp³-hybridized carbons (Fsp3) is 0.533. The molecule has 0 aromatic heterocycles. The lowest BCUT2D eigenvalue weighted by Crippen LogP contribution is -3.56. The van der Waals surface area contributed by atoms with Gasteiger partial charge in [0.15, 0.2) is 10.7 Å². The predicted octanol–water partition coefficient (Wildman–Crippen LogP) is -3.71. The molecule has 0 saturated carbocycles. The molecule has 1 aromatic rings. The van der Waals surface area contributed by atoms with Gasteiger partial charge < -0.3 is 15.4 Å². The third-order valence-electron chi connectivity index (χ3n) is 5.00. The Hall–Kier alpha value is -1.41. The first-order valence-electron chi connectivity index (χ1n) is 7.89. The summed E-state index contributed by atoms with van der Waals surface area (Å²) in [6, 6.07) is 7.88. The van der Waals surface area contributed by atoms with Gasteiger partial charge in [-0.15, -0.1) is 0 Å². The molecule has 118 valence electrons. The molecule has 0 spiro atoms. The van der Waals surface area contributed by atoms with Crippen molar-refractivity contribution in [2.24, 2.45) is 0 Å². The molecule has 7 heteroatoms. The number of quaternary nitrogens is 3. The molecule has 4 bridgehead atoms. The van der Waals surface area contributed by atoms with Gasteiger partial charge in [-0.2, -0.15) is 0 Å². The lowest BCUT2D eigenvalue weighted by molar-refractivity contribution is -1.29. The number of ether oxygens (including phenoxy) is 1. The van der Waals surface area contributed by atoms with E-state index in [4.69, 9.17) is 17.0 Å². The zero-order chi connectivity index (χ0) is 15.2. The molecule has 5 rings (SSSR count). The van der Waals surface area contributed by atoms with Crippen LogP contribution in [0.4, 0.5) is 5.69 Å². The first-order valence-corrected chi connectivity index (χ1v) is 8.29. The molecule has 4 aliphatic rings. The monoisotopic (exact) mass is 322 g/mol. The van der Waals surface area contributed by atoms with Gasteiger partial charge in [-0.25, -0.2) is 14.7 Å². The number of hydrogen-bond acceptors (Lipinski definition) is 2. The molecule has 0 radical (unpaired) electrons. The maximum absolute atomic E-state index is 5.57. The van der Waals surface area contributed by atoms with E-state index in [0.29, 0.717) is 5.11 Å². The summed E-state index contributed by atoms with van der Waals surface area (Å²) >= 11 is 5.57. The van der Waals surface area contributed by atoms with Crippen LogP contribution in [0.5, 0.6) is 5.75 Å². The van der Waals surface area contributed by atoms with Crippen LogP contribution >= 0.6 is 12.2 Å². The van der Waals surface area contributed by atoms with Crippen molar-refractivity contribution in [3.63, 3.8) is 0 Å². The molecule has 4 fully saturated rings. The summed E-state index contributed by atoms with van der Waals surface area (Å²) in [6.45, 7) is 7.31. The Bertz CT molecular complexity index is 558. The maximum Gasteiger partial charge on any atom is 0.213 e. The molecule has 4 saturated heterocycles. The van der Waals surface area contributed by atoms with E-state index in [1.54, 1.807) is 21.8 Å². The van der Waals surface area contributed by atoms with Gasteiger partial charge >= 0.3 is 0 Å². The summed E-state index contributed by atoms with van der Waals surface area (Å²) in [5, 5.41) is 7.63. The lowest BCUT2D eigenvalue weighted by atomic mass is 9.91. The minimum absolute atomic E-state index is 0.140. The first-order chi connectivity index (χ1) is 10.7. The summed E-state index contributed by atoms with van der Waals surface area (Å²) in [4.78, 5) is 5.09. The third-order valence-corrected chi connectivity index (χ3v) is 5.20. The number of hydrogen-bond donors (Lipinski definition) is 5. The molecule has 4 aliphatic heterocycles. The van der Waals surface area contributed by atoms with E-state index in [0.717, 1.165) is 11.4 Å². The van der Waals surface area contributed by atoms with E-state index < -0.39 is 0 Å². The Balaban J connectivity index is 1.46. The van der Waals surface area contributed by atoms with E-state index in [9.17, 15) is 0 Å². The van der Waals surface area contributed by atoms with Gasteiger partial charge in [0.25, 0.3) is 0 Å². The first kappa shape index (κ1) is 14.2. The van der Waals surface area contributed by atoms with Gasteiger partial charge in [0.05, 0.1) is 12.8 Å². The number of anilines is 1. The third kappa shape index (κ3) is 2.54. The quantitative estimate of drug-likeness (QED) is 0.372. The predicted molar refractivity (Wildman–Crippen MR) is 87.2 cm³/mol. The molecular formula is C15H24N5OS+3. The second-order valence-corrected chi connectivity index (χ2v) is 7.28. The summed E-state index contributed by atoms with van der Waals surface area (Å²) in [5.41, 5.74) is 1.06. The van der Waals surface area contributed by atoms with E-state index in [2.05, 4.69) is 10.6 Å². The molecule has 0 atom stereocenters. The number of methoxy groups -OCH3 is 1. The van der Waals surface area contributed by atoms with Crippen molar-refractivity contribution in [1.82, 2.24) is 5.32 Å². The fourth-order valence-corrected chi connectivity index (χ4v) is 4.85. The van der Waals surface area contributed by atoms with Crippen LogP contribution in [-0.4, -0.2) is 57.4 Å². The highest BCUT2D eigenvalue weighted by molar-refractivity contribution is 7.80. The highest BCUT2D eigenvalue weighted by atomic mass is 32.1. The van der Waals surface area contributed by atoms with Crippen LogP contribution in [0, 0.1) is 0 Å². The van der Waals surface area contributed by atoms with Crippen molar-refractivity contribution in [2.45, 2.75) is 5.54 Å². The Kier molecular flexibility index (Phi) is 3.45. The summed E-state index contributed by atoms with van der Waals surface area (Å²) < 4.78 is 5.38. The number of nitrogens with one attached hydrogen (secondary N) is 5. The largest absolute Gasteiger partial charge is 0.495 e. The Morgan fingerprint density at radius 1 is 1.09 bits per heavy atom. The highest BCUT2D eigenvalue weighted by Crippen LogP contribution is 2.23. The number of rotatable bonds is 3. The van der Waals surface area contributed by atoms with Crippen molar-refractivity contribution < 1.29 is 19.4 Å². The lowest BCUT2D eigenvalue weighted by Gasteiger charge is -2.52. The van der Waals surface area contributed by atoms with Crippen LogP contribution in [0.1, 0.15) is 0 Å². The second-order valence-electron chi connectivity index (χ2n) is 6.87. The molecule has 4 heterocycles. The van der Waals surface area contributed by atoms with E-state index in [1.807, 2.05) is 24.3 Å². The minimum Gasteiger partial charge on any atom is -0.495 e. The zero-order valence-corrected chi connectivity index (χ0v) is 13.7. The smallest absolute Gasteiger partial charge is 0.213 e. The molecule has 22 heavy (non-hydrogen) atoms. The van der Waals surface area contributed by atoms with Crippen LogP contribution in [0.15, 0.2) is 24.3 Å². The molecule has 5 N–H and O–H groups in total. The van der Waals surface area contributed by atoms with Crippen LogP contribution in [-0.2, 0) is 0 Å². The van der Waals surface area contributed by atoms with Gasteiger partial charge in [0.2, 0.25) is 20.0 Å². The SMILES string of the molecule is COc1ccccc1NC(=S)NC12C[NH+]3C[NH+](C[NH+](C3)C1)C2. The van der Waals surface area contributed by atoms with Gasteiger partial charge in [0, 0.05) is 0 Å². The number of para-hydroxylation sites is 2. The van der Waals surface area contributed by atoms with Gasteiger partial charge in [-0.1, -0.05) is 12.1 Å². The standard InChI is InChI=1S/C15H21N5OS/c1-21-13-5-3-2-4-12(13)16-14(22)17-15-6-18-9-19(7-15)11-20(8-15)10-18/h2-5H,6-11H2,1H3,(H2,16,17,22)/p+3. The van der Waals surface area contributed by atoms with Gasteiger partial charge in [-0.3, -0.25) is 0 Å². The molecule has 6 nitrogen and oxygen atoms in total. The average molecular weight is 322 g/mol. The Morgan fingerprint density at radius 3 is 2.27 bits per heavy atom. The molecule has 0 aliphatic carbocycles. The van der Waals surface area contributed by atoms with Crippen molar-refractivity contribution in [3.8, 4) is 5.75 Å². The van der Waals surface area contributed by atoms with E-state index in [1.165, 1.54) is 39.6 Å². The highest BCUT2D eigenvalue weighted by Gasteiger charge is 2.57. The van der Waals surface area contributed by atoms with Gasteiger partial charge in [0.1, 0.15) is 25.4 Å². The number of benzene rings is 1. The van der Waals surface area contributed by atoms with Crippen LogP contribution < -0.4 is 30.1 Å². The molecule has 0 unspecified atom stereocenters. The molecule has 0 amide bonds. The van der Waals surface area contributed by atoms with Crippen molar-refractivity contribution in [3.05, 3.63) is 24.3 Å². The van der Waals surface area contributed by atoms with Crippen molar-refractivity contribution in [1.29, 1.82) is 0 Å². The van der Waals surface area contributed by atoms with Crippen LogP contribution in [0.2, 0.25) is 0 Å². The number of thiocarbonyl (C=S) groups is 1. The van der Waals surface area contributed by atoms with E-state index in [-0.39, 0.29) is 5.54 Å². The molecule has 1 aromatic carbocycles. The van der Waals surface area contributed by atoms with Crippen LogP contribution in [0.25, 0.3) is 0 Å². The van der Waals surface area contributed by atoms with Crippen LogP contribution in [0.3, 0.4) is 0 Å². The Morgan fingerprint density at radius 2 is 1.68 bits per heavy atom. The van der Waals surface area contributed by atoms with E-state index >= 15 is 0 Å². The Labute approximate surface area is 136 Å². The van der Waals surface area contributed by atoms with Crippen molar-refractivity contribution in [2.75, 3.05) is 52.1 Å². The normalized spacial score (nSPS) is 35.2. The topological polar surface area (TPSA) is 46.6 Å². The minimum atomic E-state index is 0.140. The second kappa shape index (κ2) is 5.34. The summed E-state index contributed by atoms with van der Waals surface area (Å²) in [7, 11) is 1.68. The zero-order valence-electron chi connectivity index (χ0n) is 12.9. The summed E-state index contributed by atoms with van der Waals surface area (Å²) in [5.74, 6) is 0.815. The average Bonchev–Trinajstić information content (AvgIpc) is 2.45.